The van der Waals surface area contributed by atoms with Crippen LogP contribution in [0, 0.1) is 0 Å². The molecule has 5 nitrogen and oxygen atoms in total. The fourth-order valence-electron chi connectivity index (χ4n) is 2.52. The molecule has 3 aromatic rings. The van der Waals surface area contributed by atoms with Crippen molar-refractivity contribution in [1.82, 2.24) is 9.88 Å². The molecule has 0 aliphatic heterocycles. The molecule has 0 saturated carbocycles. The molecule has 1 aromatic heterocycles. The molecule has 0 spiro atoms. The monoisotopic (exact) mass is 310 g/mol. The standard InChI is InChI=1S/C18H18N2O3/c21-17(19-12-10-14-6-2-1-3-7-14)11-13-20-15-8-4-5-9-16(15)23-18(20)22/h1-9H,10-13H2,(H,19,21). The molecule has 0 bridgehead atoms. The van der Waals surface area contributed by atoms with E-state index in [2.05, 4.69) is 5.32 Å². The van der Waals surface area contributed by atoms with Gasteiger partial charge in [0.2, 0.25) is 5.91 Å². The van der Waals surface area contributed by atoms with Crippen molar-refractivity contribution in [2.75, 3.05) is 6.54 Å². The van der Waals surface area contributed by atoms with Crippen LogP contribution in [-0.4, -0.2) is 17.0 Å². The van der Waals surface area contributed by atoms with Gasteiger partial charge < -0.3 is 9.73 Å². The Morgan fingerprint density at radius 2 is 1.78 bits per heavy atom. The van der Waals surface area contributed by atoms with Crippen LogP contribution in [0.25, 0.3) is 11.1 Å². The van der Waals surface area contributed by atoms with E-state index < -0.39 is 5.76 Å². The Bertz CT molecular complexity index is 849. The van der Waals surface area contributed by atoms with Gasteiger partial charge in [-0.05, 0) is 24.1 Å². The Kier molecular flexibility index (Phi) is 4.57. The van der Waals surface area contributed by atoms with Crippen molar-refractivity contribution in [3.8, 4) is 0 Å². The summed E-state index contributed by atoms with van der Waals surface area (Å²) in [5, 5.41) is 2.88. The second kappa shape index (κ2) is 6.96. The number of rotatable bonds is 6. The van der Waals surface area contributed by atoms with Crippen molar-refractivity contribution >= 4 is 17.0 Å². The summed E-state index contributed by atoms with van der Waals surface area (Å²) in [6, 6.07) is 17.2. The lowest BCUT2D eigenvalue weighted by Crippen LogP contribution is -2.27. The molecule has 0 fully saturated rings. The smallest absolute Gasteiger partial charge is 0.408 e. The number of carbonyl (C=O) groups excluding carboxylic acids is 1. The topological polar surface area (TPSA) is 64.2 Å². The van der Waals surface area contributed by atoms with E-state index in [9.17, 15) is 9.59 Å². The predicted molar refractivity (Wildman–Crippen MR) is 88.2 cm³/mol. The van der Waals surface area contributed by atoms with Crippen molar-refractivity contribution in [3.05, 3.63) is 70.7 Å². The molecule has 2 aromatic carbocycles. The molecule has 1 N–H and O–H groups in total. The Hall–Kier alpha value is -2.82. The van der Waals surface area contributed by atoms with Crippen molar-refractivity contribution in [1.29, 1.82) is 0 Å². The van der Waals surface area contributed by atoms with Gasteiger partial charge in [-0.1, -0.05) is 42.5 Å². The van der Waals surface area contributed by atoms with Crippen LogP contribution in [0.1, 0.15) is 12.0 Å². The van der Waals surface area contributed by atoms with Crippen LogP contribution >= 0.6 is 0 Å². The fraction of sp³-hybridized carbons (Fsp3) is 0.222. The van der Waals surface area contributed by atoms with Crippen LogP contribution in [0.2, 0.25) is 0 Å². The van der Waals surface area contributed by atoms with Crippen LogP contribution in [0.3, 0.4) is 0 Å². The van der Waals surface area contributed by atoms with Gasteiger partial charge in [0.25, 0.3) is 0 Å². The number of benzene rings is 2. The Morgan fingerprint density at radius 1 is 1.04 bits per heavy atom. The molecule has 0 atom stereocenters. The molecule has 1 heterocycles. The highest BCUT2D eigenvalue weighted by molar-refractivity contribution is 5.76. The maximum absolute atomic E-state index is 11.9. The van der Waals surface area contributed by atoms with Gasteiger partial charge in [0.15, 0.2) is 5.58 Å². The molecule has 0 unspecified atom stereocenters. The van der Waals surface area contributed by atoms with E-state index in [-0.39, 0.29) is 12.3 Å². The summed E-state index contributed by atoms with van der Waals surface area (Å²) in [5.74, 6) is -0.499. The maximum atomic E-state index is 11.9. The number of nitrogens with zero attached hydrogens (tertiary/aromatic N) is 1. The minimum atomic E-state index is -0.428. The zero-order valence-electron chi connectivity index (χ0n) is 12.7. The molecule has 0 aliphatic carbocycles. The molecule has 0 aliphatic rings. The Labute approximate surface area is 133 Å². The van der Waals surface area contributed by atoms with Crippen LogP contribution in [0.4, 0.5) is 0 Å². The van der Waals surface area contributed by atoms with Crippen molar-refractivity contribution in [2.24, 2.45) is 0 Å². The predicted octanol–water partition coefficient (Wildman–Crippen LogP) is 2.34. The quantitative estimate of drug-likeness (QED) is 0.760. The Balaban J connectivity index is 1.52. The van der Waals surface area contributed by atoms with Crippen LogP contribution in [0.5, 0.6) is 0 Å². The third-order valence-electron chi connectivity index (χ3n) is 3.71. The SMILES string of the molecule is O=C(CCn1c(=O)oc2ccccc21)NCCc1ccccc1. The van der Waals surface area contributed by atoms with Crippen molar-refractivity contribution in [3.63, 3.8) is 0 Å². The number of aryl methyl sites for hydroxylation is 1. The van der Waals surface area contributed by atoms with E-state index in [0.717, 1.165) is 11.9 Å². The zero-order valence-corrected chi connectivity index (χ0v) is 12.7. The van der Waals surface area contributed by atoms with E-state index in [1.807, 2.05) is 48.5 Å². The number of amides is 1. The minimum Gasteiger partial charge on any atom is -0.408 e. The van der Waals surface area contributed by atoms with E-state index >= 15 is 0 Å². The molecule has 23 heavy (non-hydrogen) atoms. The van der Waals surface area contributed by atoms with Gasteiger partial charge in [-0.15, -0.1) is 0 Å². The number of hydrogen-bond donors (Lipinski definition) is 1. The lowest BCUT2D eigenvalue weighted by molar-refractivity contribution is -0.121. The second-order valence-electron chi connectivity index (χ2n) is 5.32. The van der Waals surface area contributed by atoms with E-state index in [1.54, 1.807) is 6.07 Å². The number of aromatic nitrogens is 1. The van der Waals surface area contributed by atoms with Gasteiger partial charge in [0.1, 0.15) is 0 Å². The summed E-state index contributed by atoms with van der Waals surface area (Å²) >= 11 is 0. The third-order valence-corrected chi connectivity index (χ3v) is 3.71. The molecule has 118 valence electrons. The number of nitrogens with one attached hydrogen (secondary N) is 1. The summed E-state index contributed by atoms with van der Waals surface area (Å²) in [7, 11) is 0. The average Bonchev–Trinajstić information content (AvgIpc) is 2.89. The number of fused-ring (bicyclic) bond motifs is 1. The third kappa shape index (κ3) is 3.69. The molecule has 0 saturated heterocycles. The number of oxazole rings is 1. The van der Waals surface area contributed by atoms with E-state index in [0.29, 0.717) is 18.7 Å². The van der Waals surface area contributed by atoms with Gasteiger partial charge in [-0.3, -0.25) is 9.36 Å². The van der Waals surface area contributed by atoms with E-state index in [4.69, 9.17) is 4.42 Å². The lowest BCUT2D eigenvalue weighted by Gasteiger charge is -2.06. The van der Waals surface area contributed by atoms with Gasteiger partial charge in [0, 0.05) is 19.5 Å². The van der Waals surface area contributed by atoms with Crippen LogP contribution < -0.4 is 11.1 Å². The van der Waals surface area contributed by atoms with Gasteiger partial charge >= 0.3 is 5.76 Å². The highest BCUT2D eigenvalue weighted by Gasteiger charge is 2.10. The molecule has 3 rings (SSSR count). The first-order chi connectivity index (χ1) is 11.2. The maximum Gasteiger partial charge on any atom is 0.419 e. The summed E-state index contributed by atoms with van der Waals surface area (Å²) in [5.41, 5.74) is 2.45. The molecule has 1 amide bonds. The minimum absolute atomic E-state index is 0.0712. The molecule has 0 radical (unpaired) electrons. The molecular formula is C18H18N2O3. The summed E-state index contributed by atoms with van der Waals surface area (Å²) in [4.78, 5) is 23.7. The van der Waals surface area contributed by atoms with E-state index in [1.165, 1.54) is 10.1 Å². The van der Waals surface area contributed by atoms with Crippen LogP contribution in [0.15, 0.2) is 63.8 Å². The first-order valence-electron chi connectivity index (χ1n) is 7.63. The first kappa shape index (κ1) is 15.1. The van der Waals surface area contributed by atoms with Crippen molar-refractivity contribution in [2.45, 2.75) is 19.4 Å². The molecular weight excluding hydrogens is 292 g/mol. The largest absolute Gasteiger partial charge is 0.419 e. The van der Waals surface area contributed by atoms with Crippen LogP contribution in [-0.2, 0) is 17.8 Å². The summed E-state index contributed by atoms with van der Waals surface area (Å²) in [6.07, 6.45) is 1.04. The van der Waals surface area contributed by atoms with Gasteiger partial charge in [0.05, 0.1) is 5.52 Å². The van der Waals surface area contributed by atoms with Gasteiger partial charge in [-0.2, -0.15) is 0 Å². The zero-order chi connectivity index (χ0) is 16.1. The summed E-state index contributed by atoms with van der Waals surface area (Å²) < 4.78 is 6.64. The fourth-order valence-corrected chi connectivity index (χ4v) is 2.52. The number of hydrogen-bond acceptors (Lipinski definition) is 3. The lowest BCUT2D eigenvalue weighted by atomic mass is 10.1. The van der Waals surface area contributed by atoms with Crippen molar-refractivity contribution < 1.29 is 9.21 Å². The average molecular weight is 310 g/mol. The highest BCUT2D eigenvalue weighted by atomic mass is 16.4. The first-order valence-corrected chi connectivity index (χ1v) is 7.63. The highest BCUT2D eigenvalue weighted by Crippen LogP contribution is 2.11. The Morgan fingerprint density at radius 3 is 2.61 bits per heavy atom. The second-order valence-corrected chi connectivity index (χ2v) is 5.32. The number of carbonyl (C=O) groups is 1. The normalized spacial score (nSPS) is 10.8. The molecule has 5 heteroatoms. The van der Waals surface area contributed by atoms with Gasteiger partial charge in [-0.25, -0.2) is 4.79 Å². The summed E-state index contributed by atoms with van der Waals surface area (Å²) in [6.45, 7) is 0.900. The number of para-hydroxylation sites is 2.